The van der Waals surface area contributed by atoms with Gasteiger partial charge in [0, 0.05) is 11.1 Å². The predicted molar refractivity (Wildman–Crippen MR) is 64.7 cm³/mol. The number of hydrogen-bond donors (Lipinski definition) is 0. The molecule has 2 heteroatoms. The Hall–Kier alpha value is -1.60. The van der Waals surface area contributed by atoms with Crippen molar-refractivity contribution in [3.8, 4) is 0 Å². The molecule has 0 aliphatic heterocycles. The Bertz CT molecular complexity index is 515. The van der Waals surface area contributed by atoms with Gasteiger partial charge in [0.05, 0.1) is 5.02 Å². The van der Waals surface area contributed by atoms with E-state index in [2.05, 4.69) is 0 Å². The molecule has 0 saturated carbocycles. The average molecular weight is 229 g/mol. The monoisotopic (exact) mass is 228 g/mol. The van der Waals surface area contributed by atoms with Gasteiger partial charge in [-0.3, -0.25) is 4.79 Å². The highest BCUT2D eigenvalue weighted by Gasteiger charge is 2.11. The molecule has 0 spiro atoms. The van der Waals surface area contributed by atoms with Crippen LogP contribution in [0, 0.1) is 6.92 Å². The van der Waals surface area contributed by atoms with E-state index in [9.17, 15) is 4.79 Å². The molecule has 2 aromatic rings. The summed E-state index contributed by atoms with van der Waals surface area (Å²) in [6.45, 7) is 5.56. The van der Waals surface area contributed by atoms with Crippen LogP contribution in [0.1, 0.15) is 21.5 Å². The number of rotatable bonds is 2. The van der Waals surface area contributed by atoms with Crippen LogP contribution in [0.2, 0.25) is 5.02 Å². The summed E-state index contributed by atoms with van der Waals surface area (Å²) < 4.78 is 0. The van der Waals surface area contributed by atoms with Crippen LogP contribution in [0.25, 0.3) is 0 Å². The van der Waals surface area contributed by atoms with E-state index in [0.717, 1.165) is 0 Å². The fraction of sp³-hybridized carbons (Fsp3) is 0. The standard InChI is InChI=1S/C14H9ClO/c1-10-6-8-11(9-7-10)14(16)12-4-2-3-5-13(12)15/h1-9H. The first-order valence-electron chi connectivity index (χ1n) is 4.83. The van der Waals surface area contributed by atoms with E-state index < -0.39 is 0 Å². The molecule has 0 saturated heterocycles. The summed E-state index contributed by atoms with van der Waals surface area (Å²) >= 11 is 5.95. The van der Waals surface area contributed by atoms with Crippen LogP contribution in [-0.2, 0) is 0 Å². The molecule has 0 atom stereocenters. The van der Waals surface area contributed by atoms with Gasteiger partial charge in [-0.2, -0.15) is 0 Å². The molecule has 0 unspecified atom stereocenters. The van der Waals surface area contributed by atoms with Crippen molar-refractivity contribution in [2.24, 2.45) is 0 Å². The van der Waals surface area contributed by atoms with Gasteiger partial charge in [-0.25, -0.2) is 0 Å². The highest BCUT2D eigenvalue weighted by molar-refractivity contribution is 6.34. The molecule has 2 radical (unpaired) electrons. The quantitative estimate of drug-likeness (QED) is 0.718. The van der Waals surface area contributed by atoms with Crippen LogP contribution in [0.15, 0.2) is 48.5 Å². The van der Waals surface area contributed by atoms with Gasteiger partial charge in [0.25, 0.3) is 0 Å². The smallest absolute Gasteiger partial charge is 0.194 e. The molecule has 16 heavy (non-hydrogen) atoms. The second kappa shape index (κ2) is 4.50. The van der Waals surface area contributed by atoms with E-state index in [1.54, 1.807) is 48.5 Å². The maximum Gasteiger partial charge on any atom is 0.194 e. The largest absolute Gasteiger partial charge is 0.289 e. The lowest BCUT2D eigenvalue weighted by molar-refractivity contribution is 0.103. The first kappa shape index (κ1) is 10.9. The van der Waals surface area contributed by atoms with Crippen LogP contribution in [0.3, 0.4) is 0 Å². The van der Waals surface area contributed by atoms with E-state index in [-0.39, 0.29) is 5.78 Å². The van der Waals surface area contributed by atoms with Crippen molar-refractivity contribution >= 4 is 17.4 Å². The number of ketones is 1. The minimum atomic E-state index is -0.0920. The Kier molecular flexibility index (Phi) is 3.07. The zero-order valence-corrected chi connectivity index (χ0v) is 9.24. The molecule has 0 aliphatic rings. The number of carbonyl (C=O) groups excluding carboxylic acids is 1. The fourth-order valence-corrected chi connectivity index (χ4v) is 1.66. The van der Waals surface area contributed by atoms with E-state index in [4.69, 9.17) is 18.5 Å². The lowest BCUT2D eigenvalue weighted by atomic mass is 10.0. The lowest BCUT2D eigenvalue weighted by Crippen LogP contribution is -2.01. The van der Waals surface area contributed by atoms with E-state index in [1.807, 2.05) is 0 Å². The number of hydrogen-bond acceptors (Lipinski definition) is 1. The van der Waals surface area contributed by atoms with Crippen molar-refractivity contribution in [1.82, 2.24) is 0 Å². The van der Waals surface area contributed by atoms with Gasteiger partial charge >= 0.3 is 0 Å². The minimum Gasteiger partial charge on any atom is -0.289 e. The molecule has 78 valence electrons. The summed E-state index contributed by atoms with van der Waals surface area (Å²) in [7, 11) is 0. The second-order valence-electron chi connectivity index (χ2n) is 3.43. The van der Waals surface area contributed by atoms with Gasteiger partial charge in [-0.05, 0) is 24.6 Å². The van der Waals surface area contributed by atoms with Crippen molar-refractivity contribution in [3.63, 3.8) is 0 Å². The topological polar surface area (TPSA) is 17.1 Å². The van der Waals surface area contributed by atoms with Crippen molar-refractivity contribution < 1.29 is 4.79 Å². The van der Waals surface area contributed by atoms with Gasteiger partial charge in [0.1, 0.15) is 0 Å². The highest BCUT2D eigenvalue weighted by atomic mass is 35.5. The predicted octanol–water partition coefficient (Wildman–Crippen LogP) is 3.63. The Labute approximate surface area is 99.7 Å². The maximum absolute atomic E-state index is 12.1. The fourth-order valence-electron chi connectivity index (χ4n) is 1.44. The van der Waals surface area contributed by atoms with Crippen molar-refractivity contribution in [3.05, 3.63) is 77.2 Å². The molecule has 0 heterocycles. The average Bonchev–Trinajstić information content (AvgIpc) is 2.30. The summed E-state index contributed by atoms with van der Waals surface area (Å²) in [4.78, 5) is 12.1. The minimum absolute atomic E-state index is 0.0920. The Morgan fingerprint density at radius 3 is 2.25 bits per heavy atom. The van der Waals surface area contributed by atoms with Gasteiger partial charge in [0.15, 0.2) is 5.78 Å². The summed E-state index contributed by atoms with van der Waals surface area (Å²) in [6, 6.07) is 13.8. The molecule has 2 aromatic carbocycles. The third-order valence-corrected chi connectivity index (χ3v) is 2.62. The molecular weight excluding hydrogens is 220 g/mol. The van der Waals surface area contributed by atoms with Crippen LogP contribution in [0.5, 0.6) is 0 Å². The van der Waals surface area contributed by atoms with Crippen molar-refractivity contribution in [1.29, 1.82) is 0 Å². The van der Waals surface area contributed by atoms with Crippen molar-refractivity contribution in [2.45, 2.75) is 0 Å². The zero-order valence-electron chi connectivity index (χ0n) is 8.48. The van der Waals surface area contributed by atoms with Gasteiger partial charge in [-0.1, -0.05) is 48.0 Å². The Morgan fingerprint density at radius 2 is 1.62 bits per heavy atom. The Morgan fingerprint density at radius 1 is 1.00 bits per heavy atom. The third kappa shape index (κ3) is 2.15. The molecule has 0 N–H and O–H groups in total. The van der Waals surface area contributed by atoms with E-state index in [0.29, 0.717) is 21.7 Å². The van der Waals surface area contributed by atoms with E-state index in [1.165, 1.54) is 0 Å². The van der Waals surface area contributed by atoms with Crippen LogP contribution in [0.4, 0.5) is 0 Å². The van der Waals surface area contributed by atoms with Gasteiger partial charge < -0.3 is 0 Å². The Balaban J connectivity index is 2.40. The van der Waals surface area contributed by atoms with E-state index >= 15 is 0 Å². The van der Waals surface area contributed by atoms with Crippen LogP contribution in [-0.4, -0.2) is 5.78 Å². The summed E-state index contributed by atoms with van der Waals surface area (Å²) in [6.07, 6.45) is 0. The van der Waals surface area contributed by atoms with Crippen molar-refractivity contribution in [2.75, 3.05) is 0 Å². The molecule has 0 aromatic heterocycles. The van der Waals surface area contributed by atoms with Crippen LogP contribution >= 0.6 is 11.6 Å². The molecule has 0 amide bonds. The third-order valence-electron chi connectivity index (χ3n) is 2.29. The number of carbonyl (C=O) groups is 1. The number of halogens is 1. The summed E-state index contributed by atoms with van der Waals surface area (Å²) in [5.41, 5.74) is 1.73. The first-order chi connectivity index (χ1) is 7.68. The van der Waals surface area contributed by atoms with Crippen LogP contribution < -0.4 is 0 Å². The van der Waals surface area contributed by atoms with Gasteiger partial charge in [0.2, 0.25) is 0 Å². The first-order valence-corrected chi connectivity index (χ1v) is 5.21. The van der Waals surface area contributed by atoms with Gasteiger partial charge in [-0.15, -0.1) is 0 Å². The highest BCUT2D eigenvalue weighted by Crippen LogP contribution is 2.19. The molecule has 0 bridgehead atoms. The molecule has 2 rings (SSSR count). The molecule has 0 fully saturated rings. The number of benzene rings is 2. The summed E-state index contributed by atoms with van der Waals surface area (Å²) in [5, 5.41) is 0.462. The summed E-state index contributed by atoms with van der Waals surface area (Å²) in [5.74, 6) is -0.0920. The maximum atomic E-state index is 12.1. The molecular formula is C14H9ClO. The SMILES string of the molecule is [CH]c1ccc(C(=O)c2ccccc2Cl)cc1. The second-order valence-corrected chi connectivity index (χ2v) is 3.84. The normalized spacial score (nSPS) is 10.1. The lowest BCUT2D eigenvalue weighted by Gasteiger charge is -2.03. The molecule has 1 nitrogen and oxygen atoms in total. The zero-order chi connectivity index (χ0) is 11.5. The molecule has 0 aliphatic carbocycles.